The minimum Gasteiger partial charge on any atom is -0.351 e. The highest BCUT2D eigenvalue weighted by Gasteiger charge is 2.26. The average Bonchev–Trinajstić information content (AvgIpc) is 3.28. The highest BCUT2D eigenvalue weighted by Crippen LogP contribution is 2.26. The van der Waals surface area contributed by atoms with E-state index >= 15 is 0 Å². The number of aryl methyl sites for hydroxylation is 2. The Bertz CT molecular complexity index is 678. The second-order valence-electron chi connectivity index (χ2n) is 6.00. The fraction of sp³-hybridized carbons (Fsp3) is 0.529. The highest BCUT2D eigenvalue weighted by atomic mass is 127. The van der Waals surface area contributed by atoms with Gasteiger partial charge in [-0.05, 0) is 30.5 Å². The van der Waals surface area contributed by atoms with Crippen LogP contribution in [0, 0.1) is 0 Å². The van der Waals surface area contributed by atoms with E-state index in [-0.39, 0.29) is 24.0 Å². The van der Waals surface area contributed by atoms with E-state index in [1.807, 2.05) is 36.3 Å². The second kappa shape index (κ2) is 8.84. The van der Waals surface area contributed by atoms with Crippen LogP contribution in [0.25, 0.3) is 0 Å². The Morgan fingerprint density at radius 1 is 1.42 bits per heavy atom. The van der Waals surface area contributed by atoms with Crippen molar-refractivity contribution in [2.24, 2.45) is 12.0 Å². The zero-order valence-electron chi connectivity index (χ0n) is 14.5. The fourth-order valence-electron chi connectivity index (χ4n) is 3.08. The molecule has 7 heteroatoms. The van der Waals surface area contributed by atoms with E-state index in [2.05, 4.69) is 45.6 Å². The Morgan fingerprint density at radius 3 is 2.83 bits per heavy atom. The zero-order valence-corrected chi connectivity index (χ0v) is 17.7. The maximum absolute atomic E-state index is 4.46. The molecule has 1 unspecified atom stereocenters. The third-order valence-corrected chi connectivity index (χ3v) is 5.61. The lowest BCUT2D eigenvalue weighted by atomic mass is 10.0. The molecule has 24 heavy (non-hydrogen) atoms. The lowest BCUT2D eigenvalue weighted by molar-refractivity contribution is 0.486. The van der Waals surface area contributed by atoms with Crippen molar-refractivity contribution < 1.29 is 0 Å². The molecule has 3 heterocycles. The molecular formula is C17H26IN5S. The molecule has 0 saturated carbocycles. The molecule has 0 radical (unpaired) electrons. The van der Waals surface area contributed by atoms with Crippen LogP contribution in [-0.2, 0) is 20.0 Å². The van der Waals surface area contributed by atoms with Crippen LogP contribution in [0.1, 0.15) is 34.6 Å². The van der Waals surface area contributed by atoms with Gasteiger partial charge < -0.3 is 10.2 Å². The van der Waals surface area contributed by atoms with E-state index in [1.165, 1.54) is 15.3 Å². The number of guanidine groups is 1. The van der Waals surface area contributed by atoms with E-state index in [9.17, 15) is 0 Å². The van der Waals surface area contributed by atoms with Crippen LogP contribution < -0.4 is 5.32 Å². The van der Waals surface area contributed by atoms with Crippen molar-refractivity contribution in [1.29, 1.82) is 0 Å². The van der Waals surface area contributed by atoms with E-state index in [0.29, 0.717) is 5.92 Å². The van der Waals surface area contributed by atoms with Gasteiger partial charge in [-0.3, -0.25) is 9.67 Å². The van der Waals surface area contributed by atoms with Gasteiger partial charge >= 0.3 is 0 Å². The number of halogens is 1. The maximum Gasteiger partial charge on any atom is 0.193 e. The smallest absolute Gasteiger partial charge is 0.193 e. The zero-order chi connectivity index (χ0) is 16.2. The third kappa shape index (κ3) is 4.50. The van der Waals surface area contributed by atoms with Crippen LogP contribution >= 0.6 is 35.3 Å². The molecule has 0 aromatic carbocycles. The number of likely N-dealkylation sites (tertiary alicyclic amines) is 1. The van der Waals surface area contributed by atoms with Crippen molar-refractivity contribution in [2.45, 2.75) is 32.2 Å². The number of aliphatic imine (C=N–C) groups is 1. The SMILES string of the molecule is CCc1ccc(CNC(=NC)N2CCC(c3cnn(C)c3)C2)s1.I. The van der Waals surface area contributed by atoms with Gasteiger partial charge in [0.25, 0.3) is 0 Å². The van der Waals surface area contributed by atoms with Crippen LogP contribution in [0.5, 0.6) is 0 Å². The van der Waals surface area contributed by atoms with Crippen molar-refractivity contribution in [3.8, 4) is 0 Å². The van der Waals surface area contributed by atoms with Crippen LogP contribution in [-0.4, -0.2) is 40.8 Å². The minimum atomic E-state index is 0. The molecule has 3 rings (SSSR count). The molecule has 1 atom stereocenters. The minimum absolute atomic E-state index is 0. The molecule has 5 nitrogen and oxygen atoms in total. The molecule has 1 N–H and O–H groups in total. The quantitative estimate of drug-likeness (QED) is 0.434. The van der Waals surface area contributed by atoms with Gasteiger partial charge in [0.05, 0.1) is 12.7 Å². The standard InChI is InChI=1S/C17H25N5S.HI/c1-4-15-5-6-16(23-15)10-19-17(18-2)22-8-7-13(12-22)14-9-20-21(3)11-14;/h5-6,9,11,13H,4,7-8,10,12H2,1-3H3,(H,18,19);1H. The third-order valence-electron chi connectivity index (χ3n) is 4.38. The van der Waals surface area contributed by atoms with Crippen molar-refractivity contribution in [1.82, 2.24) is 20.0 Å². The summed E-state index contributed by atoms with van der Waals surface area (Å²) in [6.45, 7) is 5.11. The molecule has 1 fully saturated rings. The number of nitrogens with zero attached hydrogens (tertiary/aromatic N) is 4. The Balaban J connectivity index is 0.00000208. The first-order chi connectivity index (χ1) is 11.2. The number of thiophene rings is 1. The van der Waals surface area contributed by atoms with Crippen molar-refractivity contribution in [3.63, 3.8) is 0 Å². The van der Waals surface area contributed by atoms with Gasteiger partial charge in [-0.25, -0.2) is 0 Å². The average molecular weight is 459 g/mol. The summed E-state index contributed by atoms with van der Waals surface area (Å²) in [5.74, 6) is 1.55. The summed E-state index contributed by atoms with van der Waals surface area (Å²) in [6.07, 6.45) is 6.38. The van der Waals surface area contributed by atoms with E-state index in [0.717, 1.165) is 38.4 Å². The summed E-state index contributed by atoms with van der Waals surface area (Å²) in [4.78, 5) is 9.62. The van der Waals surface area contributed by atoms with Gasteiger partial charge in [0.2, 0.25) is 0 Å². The highest BCUT2D eigenvalue weighted by molar-refractivity contribution is 14.0. The topological polar surface area (TPSA) is 45.5 Å². The molecule has 0 spiro atoms. The van der Waals surface area contributed by atoms with E-state index in [1.54, 1.807) is 0 Å². The predicted octanol–water partition coefficient (Wildman–Crippen LogP) is 3.23. The van der Waals surface area contributed by atoms with Crippen LogP contribution in [0.2, 0.25) is 0 Å². The fourth-order valence-corrected chi connectivity index (χ4v) is 3.98. The monoisotopic (exact) mass is 459 g/mol. The largest absolute Gasteiger partial charge is 0.351 e. The van der Waals surface area contributed by atoms with Crippen molar-refractivity contribution in [3.05, 3.63) is 39.8 Å². The van der Waals surface area contributed by atoms with Crippen molar-refractivity contribution in [2.75, 3.05) is 20.1 Å². The first kappa shape index (κ1) is 19.2. The predicted molar refractivity (Wildman–Crippen MR) is 111 cm³/mol. The van der Waals surface area contributed by atoms with Crippen LogP contribution in [0.15, 0.2) is 29.5 Å². The maximum atomic E-state index is 4.46. The Morgan fingerprint density at radius 2 is 2.21 bits per heavy atom. The first-order valence-electron chi connectivity index (χ1n) is 8.21. The molecule has 0 amide bonds. The Kier molecular flexibility index (Phi) is 7.09. The van der Waals surface area contributed by atoms with Gasteiger partial charge in [0.1, 0.15) is 0 Å². The summed E-state index contributed by atoms with van der Waals surface area (Å²) < 4.78 is 1.88. The molecule has 1 aliphatic rings. The number of nitrogens with one attached hydrogen (secondary N) is 1. The van der Waals surface area contributed by atoms with Crippen molar-refractivity contribution >= 4 is 41.3 Å². The van der Waals surface area contributed by atoms with E-state index in [4.69, 9.17) is 0 Å². The molecule has 2 aromatic rings. The molecule has 2 aromatic heterocycles. The van der Waals surface area contributed by atoms with E-state index < -0.39 is 0 Å². The number of rotatable bonds is 4. The van der Waals surface area contributed by atoms with Gasteiger partial charge in [0.15, 0.2) is 5.96 Å². The number of hydrogen-bond donors (Lipinski definition) is 1. The van der Waals surface area contributed by atoms with Gasteiger partial charge in [-0.2, -0.15) is 5.10 Å². The Labute approximate surface area is 165 Å². The normalized spacial score (nSPS) is 17.9. The van der Waals surface area contributed by atoms with Crippen LogP contribution in [0.3, 0.4) is 0 Å². The number of aromatic nitrogens is 2. The first-order valence-corrected chi connectivity index (χ1v) is 9.03. The van der Waals surface area contributed by atoms with Crippen LogP contribution in [0.4, 0.5) is 0 Å². The molecule has 0 bridgehead atoms. The molecule has 0 aliphatic carbocycles. The van der Waals surface area contributed by atoms with Gasteiger partial charge in [-0.1, -0.05) is 6.92 Å². The summed E-state index contributed by atoms with van der Waals surface area (Å²) in [6, 6.07) is 4.44. The lowest BCUT2D eigenvalue weighted by Gasteiger charge is -2.21. The Hall–Kier alpha value is -1.09. The lowest BCUT2D eigenvalue weighted by Crippen LogP contribution is -2.39. The molecule has 1 saturated heterocycles. The number of hydrogen-bond acceptors (Lipinski definition) is 3. The summed E-state index contributed by atoms with van der Waals surface area (Å²) in [7, 11) is 3.84. The summed E-state index contributed by atoms with van der Waals surface area (Å²) >= 11 is 1.88. The summed E-state index contributed by atoms with van der Waals surface area (Å²) in [5.41, 5.74) is 1.33. The van der Waals surface area contributed by atoms with Gasteiger partial charge in [0, 0.05) is 49.1 Å². The molecule has 1 aliphatic heterocycles. The second-order valence-corrected chi connectivity index (χ2v) is 7.25. The molecular weight excluding hydrogens is 433 g/mol. The summed E-state index contributed by atoms with van der Waals surface area (Å²) in [5, 5.41) is 7.80. The molecule has 132 valence electrons. The van der Waals surface area contributed by atoms with Gasteiger partial charge in [-0.15, -0.1) is 35.3 Å².